The van der Waals surface area contributed by atoms with Crippen LogP contribution in [0.4, 0.5) is 0 Å². The SMILES string of the molecule is Cc1c([C@@H](C)N(C)SC(C)(C)C)sc2ccccc12. The van der Waals surface area contributed by atoms with Crippen LogP contribution in [0.5, 0.6) is 0 Å². The lowest BCUT2D eigenvalue weighted by molar-refractivity contribution is 0.450. The zero-order valence-corrected chi connectivity index (χ0v) is 14.3. The Morgan fingerprint density at radius 3 is 2.42 bits per heavy atom. The van der Waals surface area contributed by atoms with Crippen molar-refractivity contribution in [3.8, 4) is 0 Å². The van der Waals surface area contributed by atoms with Crippen molar-refractivity contribution in [1.29, 1.82) is 0 Å². The summed E-state index contributed by atoms with van der Waals surface area (Å²) in [6, 6.07) is 9.15. The van der Waals surface area contributed by atoms with Gasteiger partial charge in [0.15, 0.2) is 0 Å². The van der Waals surface area contributed by atoms with Crippen molar-refractivity contribution >= 4 is 33.4 Å². The molecule has 0 aliphatic rings. The second-order valence-electron chi connectivity index (χ2n) is 6.01. The van der Waals surface area contributed by atoms with Crippen molar-refractivity contribution in [3.05, 3.63) is 34.7 Å². The van der Waals surface area contributed by atoms with E-state index >= 15 is 0 Å². The summed E-state index contributed by atoms with van der Waals surface area (Å²) >= 11 is 3.85. The number of benzene rings is 1. The lowest BCUT2D eigenvalue weighted by Gasteiger charge is -2.30. The molecular weight excluding hydrogens is 270 g/mol. The first-order valence-corrected chi connectivity index (χ1v) is 8.28. The molecule has 0 fully saturated rings. The Labute approximate surface area is 125 Å². The Hall–Kier alpha value is -0.510. The number of thiophene rings is 1. The number of hydrogen-bond acceptors (Lipinski definition) is 3. The first-order valence-electron chi connectivity index (χ1n) is 6.69. The van der Waals surface area contributed by atoms with Gasteiger partial charge in [0.05, 0.1) is 6.04 Å². The van der Waals surface area contributed by atoms with E-state index in [4.69, 9.17) is 0 Å². The highest BCUT2D eigenvalue weighted by atomic mass is 32.2. The fourth-order valence-corrected chi connectivity index (χ4v) is 4.77. The van der Waals surface area contributed by atoms with E-state index < -0.39 is 0 Å². The molecule has 2 aromatic rings. The van der Waals surface area contributed by atoms with Crippen molar-refractivity contribution in [2.45, 2.75) is 45.4 Å². The molecule has 3 heteroatoms. The summed E-state index contributed by atoms with van der Waals surface area (Å²) in [5, 5.41) is 1.41. The molecule has 0 amide bonds. The summed E-state index contributed by atoms with van der Waals surface area (Å²) in [5.74, 6) is 0. The van der Waals surface area contributed by atoms with Crippen LogP contribution in [0.3, 0.4) is 0 Å². The van der Waals surface area contributed by atoms with Crippen LogP contribution < -0.4 is 0 Å². The predicted octanol–water partition coefficient (Wildman–Crippen LogP) is 5.65. The number of aryl methyl sites for hydroxylation is 1. The van der Waals surface area contributed by atoms with E-state index in [-0.39, 0.29) is 4.75 Å². The summed E-state index contributed by atoms with van der Waals surface area (Å²) in [6.45, 7) is 11.3. The third-order valence-electron chi connectivity index (χ3n) is 3.22. The standard InChI is InChI=1S/C16H23NS2/c1-11-13-9-7-8-10-14(13)18-15(11)12(2)17(6)19-16(3,4)5/h7-10,12H,1-6H3/t12-/m1/s1. The van der Waals surface area contributed by atoms with Gasteiger partial charge in [-0.2, -0.15) is 0 Å². The van der Waals surface area contributed by atoms with Gasteiger partial charge >= 0.3 is 0 Å². The van der Waals surface area contributed by atoms with Crippen LogP contribution in [0.25, 0.3) is 10.1 Å². The molecule has 0 aliphatic heterocycles. The van der Waals surface area contributed by atoms with Crippen LogP contribution in [0.2, 0.25) is 0 Å². The molecular formula is C16H23NS2. The fraction of sp³-hybridized carbons (Fsp3) is 0.500. The Kier molecular flexibility index (Phi) is 4.29. The van der Waals surface area contributed by atoms with Gasteiger partial charge < -0.3 is 0 Å². The van der Waals surface area contributed by atoms with Gasteiger partial charge in [0.25, 0.3) is 0 Å². The summed E-state index contributed by atoms with van der Waals surface area (Å²) in [6.07, 6.45) is 0. The second-order valence-corrected chi connectivity index (χ2v) is 9.08. The first kappa shape index (κ1) is 14.9. The first-order chi connectivity index (χ1) is 8.79. The normalized spacial score (nSPS) is 14.3. The van der Waals surface area contributed by atoms with Crippen molar-refractivity contribution in [1.82, 2.24) is 4.31 Å². The van der Waals surface area contributed by atoms with E-state index in [1.165, 1.54) is 20.5 Å². The molecule has 0 saturated carbocycles. The van der Waals surface area contributed by atoms with E-state index in [9.17, 15) is 0 Å². The van der Waals surface area contributed by atoms with Crippen molar-refractivity contribution in [3.63, 3.8) is 0 Å². The van der Waals surface area contributed by atoms with Gasteiger partial charge in [-0.05, 0) is 58.7 Å². The van der Waals surface area contributed by atoms with Crippen LogP contribution >= 0.6 is 23.3 Å². The summed E-state index contributed by atoms with van der Waals surface area (Å²) in [4.78, 5) is 1.49. The molecule has 1 nitrogen and oxygen atoms in total. The number of nitrogens with zero attached hydrogens (tertiary/aromatic N) is 1. The van der Waals surface area contributed by atoms with Gasteiger partial charge in [-0.3, -0.25) is 0 Å². The summed E-state index contributed by atoms with van der Waals surface area (Å²) in [5.41, 5.74) is 1.44. The molecule has 0 aliphatic carbocycles. The molecule has 104 valence electrons. The molecule has 1 aromatic carbocycles. The minimum absolute atomic E-state index is 0.258. The maximum atomic E-state index is 2.39. The van der Waals surface area contributed by atoms with Gasteiger partial charge in [0, 0.05) is 14.3 Å². The molecule has 1 aromatic heterocycles. The minimum Gasteiger partial charge on any atom is -0.245 e. The van der Waals surface area contributed by atoms with E-state index in [1.54, 1.807) is 0 Å². The Bertz CT molecular complexity index is 566. The van der Waals surface area contributed by atoms with Gasteiger partial charge in [-0.25, -0.2) is 4.31 Å². The maximum absolute atomic E-state index is 2.39. The zero-order chi connectivity index (χ0) is 14.2. The van der Waals surface area contributed by atoms with Crippen LogP contribution in [0.1, 0.15) is 44.2 Å². The van der Waals surface area contributed by atoms with Crippen LogP contribution in [-0.4, -0.2) is 16.1 Å². The lowest BCUT2D eigenvalue weighted by Crippen LogP contribution is -2.22. The molecule has 0 unspecified atom stereocenters. The highest BCUT2D eigenvalue weighted by molar-refractivity contribution is 7.98. The van der Waals surface area contributed by atoms with Gasteiger partial charge in [0.2, 0.25) is 0 Å². The largest absolute Gasteiger partial charge is 0.245 e. The maximum Gasteiger partial charge on any atom is 0.0517 e. The van der Waals surface area contributed by atoms with Crippen LogP contribution in [-0.2, 0) is 0 Å². The van der Waals surface area contributed by atoms with Crippen LogP contribution in [0, 0.1) is 6.92 Å². The van der Waals surface area contributed by atoms with Crippen molar-refractivity contribution in [2.75, 3.05) is 7.05 Å². The molecule has 1 heterocycles. The summed E-state index contributed by atoms with van der Waals surface area (Å²) in [7, 11) is 2.20. The van der Waals surface area contributed by atoms with Crippen molar-refractivity contribution in [2.24, 2.45) is 0 Å². The monoisotopic (exact) mass is 293 g/mol. The highest BCUT2D eigenvalue weighted by Gasteiger charge is 2.22. The quantitative estimate of drug-likeness (QED) is 0.673. The van der Waals surface area contributed by atoms with E-state index in [0.717, 1.165) is 0 Å². The van der Waals surface area contributed by atoms with Gasteiger partial charge in [-0.15, -0.1) is 11.3 Å². The molecule has 0 bridgehead atoms. The van der Waals surface area contributed by atoms with E-state index in [2.05, 4.69) is 70.2 Å². The Morgan fingerprint density at radius 1 is 1.21 bits per heavy atom. The predicted molar refractivity (Wildman–Crippen MR) is 90.1 cm³/mol. The fourth-order valence-electron chi connectivity index (χ4n) is 2.27. The lowest BCUT2D eigenvalue weighted by atomic mass is 10.1. The minimum atomic E-state index is 0.258. The van der Waals surface area contributed by atoms with Crippen molar-refractivity contribution < 1.29 is 0 Å². The smallest absolute Gasteiger partial charge is 0.0517 e. The molecule has 0 saturated heterocycles. The number of rotatable bonds is 3. The second kappa shape index (κ2) is 5.47. The van der Waals surface area contributed by atoms with Crippen LogP contribution in [0.15, 0.2) is 24.3 Å². The summed E-state index contributed by atoms with van der Waals surface area (Å²) < 4.78 is 4.04. The number of fused-ring (bicyclic) bond motifs is 1. The molecule has 2 rings (SSSR count). The third kappa shape index (κ3) is 3.33. The molecule has 0 N–H and O–H groups in total. The van der Waals surface area contributed by atoms with Gasteiger partial charge in [0.1, 0.15) is 0 Å². The molecule has 19 heavy (non-hydrogen) atoms. The average Bonchev–Trinajstić information content (AvgIpc) is 2.64. The molecule has 0 radical (unpaired) electrons. The molecule has 1 atom stereocenters. The van der Waals surface area contributed by atoms with E-state index in [0.29, 0.717) is 6.04 Å². The molecule has 0 spiro atoms. The highest BCUT2D eigenvalue weighted by Crippen LogP contribution is 2.40. The topological polar surface area (TPSA) is 3.24 Å². The number of hydrogen-bond donors (Lipinski definition) is 0. The van der Waals surface area contributed by atoms with Gasteiger partial charge in [-0.1, -0.05) is 30.1 Å². The van der Waals surface area contributed by atoms with E-state index in [1.807, 2.05) is 23.3 Å². The third-order valence-corrected chi connectivity index (χ3v) is 5.82. The zero-order valence-electron chi connectivity index (χ0n) is 12.7. The average molecular weight is 294 g/mol. The Morgan fingerprint density at radius 2 is 1.84 bits per heavy atom. The Balaban J connectivity index is 2.31.